The van der Waals surface area contributed by atoms with Crippen LogP contribution in [-0.4, -0.2) is 58.1 Å². The van der Waals surface area contributed by atoms with Crippen LogP contribution in [0.4, 0.5) is 5.95 Å². The highest BCUT2D eigenvalue weighted by atomic mass is 16.6. The third kappa shape index (κ3) is 4.42. The summed E-state index contributed by atoms with van der Waals surface area (Å²) < 4.78 is 8.76. The van der Waals surface area contributed by atoms with Crippen LogP contribution in [0.1, 0.15) is 52.9 Å². The zero-order valence-corrected chi connectivity index (χ0v) is 20.4. The summed E-state index contributed by atoms with van der Waals surface area (Å²) in [6.45, 7) is 5.49. The predicted molar refractivity (Wildman–Crippen MR) is 126 cm³/mol. The average molecular weight is 493 g/mol. The Morgan fingerprint density at radius 3 is 2.72 bits per heavy atom. The average Bonchev–Trinajstić information content (AvgIpc) is 3.39. The number of fused-ring (bicyclic) bond motifs is 1. The molecule has 0 radical (unpaired) electrons. The molecule has 1 amide bonds. The van der Waals surface area contributed by atoms with E-state index in [1.165, 1.54) is 4.52 Å². The number of anilines is 1. The normalized spacial score (nSPS) is 25.5. The van der Waals surface area contributed by atoms with Crippen molar-refractivity contribution in [2.45, 2.75) is 70.1 Å². The smallest absolute Gasteiger partial charge is 0.309 e. The summed E-state index contributed by atoms with van der Waals surface area (Å²) in [4.78, 5) is 33.6. The summed E-state index contributed by atoms with van der Waals surface area (Å²) in [5.41, 5.74) is -0.0130. The van der Waals surface area contributed by atoms with E-state index in [4.69, 9.17) is 4.74 Å². The monoisotopic (exact) mass is 492 g/mol. The van der Waals surface area contributed by atoms with Crippen molar-refractivity contribution in [3.05, 3.63) is 24.7 Å². The maximum atomic E-state index is 12.5. The quantitative estimate of drug-likeness (QED) is 0.491. The van der Waals surface area contributed by atoms with E-state index < -0.39 is 17.2 Å². The zero-order valence-electron chi connectivity index (χ0n) is 20.4. The Hall–Kier alpha value is -3.85. The van der Waals surface area contributed by atoms with Crippen LogP contribution in [0.15, 0.2) is 24.7 Å². The van der Waals surface area contributed by atoms with Gasteiger partial charge in [-0.15, -0.1) is 5.10 Å². The van der Waals surface area contributed by atoms with Crippen molar-refractivity contribution in [3.8, 4) is 17.5 Å². The van der Waals surface area contributed by atoms with Crippen LogP contribution in [0.25, 0.3) is 17.0 Å². The van der Waals surface area contributed by atoms with Crippen LogP contribution in [0.2, 0.25) is 0 Å². The maximum Gasteiger partial charge on any atom is 0.309 e. The Balaban J connectivity index is 1.36. The van der Waals surface area contributed by atoms with Crippen LogP contribution in [0.5, 0.6) is 0 Å². The molecule has 0 aliphatic heterocycles. The van der Waals surface area contributed by atoms with E-state index in [1.807, 2.05) is 20.8 Å². The lowest BCUT2D eigenvalue weighted by molar-refractivity contribution is -0.168. The molecule has 36 heavy (non-hydrogen) atoms. The number of carbonyl (C=O) groups excluding carboxylic acids is 2. The van der Waals surface area contributed by atoms with Crippen molar-refractivity contribution >= 4 is 23.5 Å². The van der Waals surface area contributed by atoms with Crippen LogP contribution < -0.4 is 5.32 Å². The van der Waals surface area contributed by atoms with Gasteiger partial charge in [0, 0.05) is 24.4 Å². The summed E-state index contributed by atoms with van der Waals surface area (Å²) in [6, 6.07) is 3.90. The van der Waals surface area contributed by atoms with Gasteiger partial charge in [-0.25, -0.2) is 4.98 Å². The summed E-state index contributed by atoms with van der Waals surface area (Å²) in [5, 5.41) is 30.5. The van der Waals surface area contributed by atoms with Crippen molar-refractivity contribution in [2.75, 3.05) is 5.32 Å². The first-order valence-electron chi connectivity index (χ1n) is 11.9. The topological polar surface area (TPSA) is 160 Å². The van der Waals surface area contributed by atoms with Gasteiger partial charge in [-0.3, -0.25) is 19.6 Å². The fourth-order valence-corrected chi connectivity index (χ4v) is 4.75. The van der Waals surface area contributed by atoms with Gasteiger partial charge in [0.15, 0.2) is 11.5 Å². The van der Waals surface area contributed by atoms with Crippen molar-refractivity contribution in [1.29, 1.82) is 5.26 Å². The first-order valence-corrected chi connectivity index (χ1v) is 11.9. The minimum absolute atomic E-state index is 0.156. The number of aromatic nitrogens is 6. The third-order valence-corrected chi connectivity index (χ3v) is 6.70. The molecule has 5 rings (SSSR count). The molecular weight excluding hydrogens is 464 g/mol. The molecule has 0 unspecified atom stereocenters. The summed E-state index contributed by atoms with van der Waals surface area (Å²) in [6.07, 6.45) is 6.60. The molecule has 2 N–H and O–H groups in total. The molecule has 3 aromatic heterocycles. The number of aliphatic hydroxyl groups is 1. The van der Waals surface area contributed by atoms with Gasteiger partial charge in [-0.1, -0.05) is 0 Å². The second-order valence-electron chi connectivity index (χ2n) is 10.7. The number of hydrogen-bond donors (Lipinski definition) is 2. The van der Waals surface area contributed by atoms with Crippen LogP contribution in [-0.2, 0) is 19.9 Å². The highest BCUT2D eigenvalue weighted by molar-refractivity contribution is 5.91. The zero-order chi connectivity index (χ0) is 25.7. The van der Waals surface area contributed by atoms with Crippen molar-refractivity contribution < 1.29 is 19.4 Å². The predicted octanol–water partition coefficient (Wildman–Crippen LogP) is 2.06. The van der Waals surface area contributed by atoms with E-state index in [9.17, 15) is 20.0 Å². The molecule has 3 aromatic rings. The molecule has 2 fully saturated rings. The molecule has 0 atom stereocenters. The van der Waals surface area contributed by atoms with E-state index in [0.717, 1.165) is 0 Å². The van der Waals surface area contributed by atoms with Gasteiger partial charge in [0.25, 0.3) is 0 Å². The van der Waals surface area contributed by atoms with Gasteiger partial charge in [0.05, 0.1) is 41.8 Å². The Morgan fingerprint density at radius 1 is 1.31 bits per heavy atom. The van der Waals surface area contributed by atoms with Gasteiger partial charge in [-0.05, 0) is 46.5 Å². The summed E-state index contributed by atoms with van der Waals surface area (Å²) in [5.74, 6) is -0.384. The van der Waals surface area contributed by atoms with Gasteiger partial charge < -0.3 is 9.84 Å². The van der Waals surface area contributed by atoms with Gasteiger partial charge in [0.2, 0.25) is 11.9 Å². The Bertz CT molecular complexity index is 1350. The maximum absolute atomic E-state index is 12.5. The lowest BCUT2D eigenvalue weighted by Crippen LogP contribution is -2.50. The number of amides is 1. The Kier molecular flexibility index (Phi) is 5.75. The molecule has 2 saturated carbocycles. The fraction of sp³-hybridized carbons (Fsp3) is 0.542. The second kappa shape index (κ2) is 8.67. The number of nitrogens with one attached hydrogen (secondary N) is 1. The molecule has 12 nitrogen and oxygen atoms in total. The fourth-order valence-electron chi connectivity index (χ4n) is 4.75. The van der Waals surface area contributed by atoms with Gasteiger partial charge in [0.1, 0.15) is 5.60 Å². The number of nitrogens with zero attached hydrogens (tertiary/aromatic N) is 7. The minimum atomic E-state index is -0.600. The molecule has 0 saturated heterocycles. The molecule has 188 valence electrons. The number of aliphatic hydroxyl groups excluding tert-OH is 1. The SMILES string of the molecule is CC(C)(C)OC(=O)C1CC(CC#N)(n2cc(-c3nccc4nc(NC(=O)C5CC(O)C5)nn34)cn2)C1. The molecular formula is C24H28N8O4. The number of rotatable bonds is 6. The van der Waals surface area contributed by atoms with E-state index in [1.54, 1.807) is 29.3 Å². The largest absolute Gasteiger partial charge is 0.460 e. The standard InChI is InChI=1S/C24H28N8O4/c1-23(2,3)36-21(35)15-10-24(11-15,5-6-25)31-13-16(12-27-31)19-26-7-4-18-28-22(30-32(18)19)29-20(34)14-8-17(33)9-14/h4,7,12-15,17,33H,5,8-11H2,1-3H3,(H,29,30,34). The van der Waals surface area contributed by atoms with E-state index in [2.05, 4.69) is 31.6 Å². The van der Waals surface area contributed by atoms with Crippen LogP contribution >= 0.6 is 0 Å². The first-order chi connectivity index (χ1) is 17.1. The van der Waals surface area contributed by atoms with Crippen molar-refractivity contribution in [3.63, 3.8) is 0 Å². The minimum Gasteiger partial charge on any atom is -0.460 e. The molecule has 3 heterocycles. The molecule has 12 heteroatoms. The van der Waals surface area contributed by atoms with Gasteiger partial charge >= 0.3 is 5.97 Å². The highest BCUT2D eigenvalue weighted by Crippen LogP contribution is 2.47. The van der Waals surface area contributed by atoms with Crippen LogP contribution in [0.3, 0.4) is 0 Å². The summed E-state index contributed by atoms with van der Waals surface area (Å²) >= 11 is 0. The third-order valence-electron chi connectivity index (χ3n) is 6.70. The number of hydrogen-bond acceptors (Lipinski definition) is 9. The Labute approximate surface area is 207 Å². The van der Waals surface area contributed by atoms with Crippen LogP contribution in [0, 0.1) is 23.2 Å². The first kappa shape index (κ1) is 23.9. The molecule has 2 aliphatic carbocycles. The second-order valence-corrected chi connectivity index (χ2v) is 10.7. The molecule has 0 spiro atoms. The lowest BCUT2D eigenvalue weighted by atomic mass is 9.66. The lowest BCUT2D eigenvalue weighted by Gasteiger charge is -2.45. The molecule has 0 aromatic carbocycles. The number of esters is 1. The molecule has 2 aliphatic rings. The van der Waals surface area contributed by atoms with E-state index in [-0.39, 0.29) is 36.1 Å². The Morgan fingerprint density at radius 2 is 2.06 bits per heavy atom. The van der Waals surface area contributed by atoms with E-state index in [0.29, 0.717) is 42.7 Å². The van der Waals surface area contributed by atoms with Crippen molar-refractivity contribution in [1.82, 2.24) is 29.4 Å². The highest BCUT2D eigenvalue weighted by Gasteiger charge is 2.50. The number of nitriles is 1. The van der Waals surface area contributed by atoms with E-state index >= 15 is 0 Å². The summed E-state index contributed by atoms with van der Waals surface area (Å²) in [7, 11) is 0. The number of carbonyl (C=O) groups is 2. The number of ether oxygens (including phenoxy) is 1. The van der Waals surface area contributed by atoms with Crippen molar-refractivity contribution in [2.24, 2.45) is 11.8 Å². The molecule has 0 bridgehead atoms. The van der Waals surface area contributed by atoms with Gasteiger partial charge in [-0.2, -0.15) is 19.9 Å².